The summed E-state index contributed by atoms with van der Waals surface area (Å²) >= 11 is 0. The van der Waals surface area contributed by atoms with Gasteiger partial charge in [-0.15, -0.1) is 0 Å². The maximum Gasteiger partial charge on any atom is 0.250 e. The molecule has 15 heavy (non-hydrogen) atoms. The first-order valence-electron chi connectivity index (χ1n) is 4.73. The quantitative estimate of drug-likeness (QED) is 0.628. The Morgan fingerprint density at radius 1 is 1.60 bits per heavy atom. The zero-order valence-electron chi connectivity index (χ0n) is 8.55. The Morgan fingerprint density at radius 2 is 2.20 bits per heavy atom. The number of amides is 1. The largest absolute Gasteiger partial charge is 0.382 e. The number of hydrogen-bond acceptors (Lipinski definition) is 4. The van der Waals surface area contributed by atoms with Crippen LogP contribution in [0.2, 0.25) is 0 Å². The van der Waals surface area contributed by atoms with Crippen LogP contribution in [0.15, 0.2) is 24.5 Å². The van der Waals surface area contributed by atoms with Crippen molar-refractivity contribution in [3.05, 3.63) is 30.1 Å². The number of nitrogens with zero attached hydrogens (tertiary/aromatic N) is 1. The first-order chi connectivity index (χ1) is 7.15. The van der Waals surface area contributed by atoms with Crippen molar-refractivity contribution in [1.82, 2.24) is 10.3 Å². The Kier molecular flexibility index (Phi) is 4.20. The van der Waals surface area contributed by atoms with Gasteiger partial charge in [-0.05, 0) is 24.6 Å². The third kappa shape index (κ3) is 3.30. The van der Waals surface area contributed by atoms with E-state index in [1.807, 2.05) is 6.92 Å². The van der Waals surface area contributed by atoms with Gasteiger partial charge in [0.25, 0.3) is 5.91 Å². The Hall–Kier alpha value is -1.46. The summed E-state index contributed by atoms with van der Waals surface area (Å²) in [5, 5.41) is 11.8. The first-order valence-corrected chi connectivity index (χ1v) is 4.73. The Bertz CT molecular complexity index is 316. The number of aliphatic hydroxyl groups excluding tert-OH is 1. The molecule has 0 bridgehead atoms. The topological polar surface area (TPSA) is 88.2 Å². The normalized spacial score (nSPS) is 14.3. The second-order valence-corrected chi connectivity index (χ2v) is 3.26. The van der Waals surface area contributed by atoms with Crippen LogP contribution in [0.1, 0.15) is 18.5 Å². The molecule has 0 aliphatic heterocycles. The fourth-order valence-corrected chi connectivity index (χ4v) is 1.15. The van der Waals surface area contributed by atoms with E-state index < -0.39 is 12.0 Å². The Morgan fingerprint density at radius 3 is 2.73 bits per heavy atom. The molecule has 0 aliphatic carbocycles. The minimum Gasteiger partial charge on any atom is -0.382 e. The van der Waals surface area contributed by atoms with E-state index in [4.69, 9.17) is 5.73 Å². The molecule has 0 radical (unpaired) electrons. The number of aromatic nitrogens is 1. The molecule has 1 heterocycles. The molecule has 5 heteroatoms. The second-order valence-electron chi connectivity index (χ2n) is 3.26. The van der Waals surface area contributed by atoms with Crippen LogP contribution < -0.4 is 11.1 Å². The molecule has 0 aromatic carbocycles. The van der Waals surface area contributed by atoms with E-state index in [0.717, 1.165) is 5.56 Å². The standard InChI is InChI=1S/C10H15N3O2/c1-7(8-2-4-12-5-3-8)13-10(15)9(14)6-11/h2-5,7,9,14H,6,11H2,1H3,(H,13,15)/t7-,9?/m0/s1. The summed E-state index contributed by atoms with van der Waals surface area (Å²) in [5.74, 6) is -0.457. The molecular weight excluding hydrogens is 194 g/mol. The van der Waals surface area contributed by atoms with Crippen molar-refractivity contribution in [2.75, 3.05) is 6.54 Å². The van der Waals surface area contributed by atoms with E-state index in [1.165, 1.54) is 0 Å². The van der Waals surface area contributed by atoms with Crippen molar-refractivity contribution < 1.29 is 9.90 Å². The van der Waals surface area contributed by atoms with Crippen LogP contribution in [0.25, 0.3) is 0 Å². The number of nitrogens with two attached hydrogens (primary N) is 1. The van der Waals surface area contributed by atoms with Gasteiger partial charge in [-0.2, -0.15) is 0 Å². The van der Waals surface area contributed by atoms with Gasteiger partial charge in [-0.1, -0.05) is 0 Å². The highest BCUT2D eigenvalue weighted by molar-refractivity contribution is 5.81. The number of rotatable bonds is 4. The summed E-state index contributed by atoms with van der Waals surface area (Å²) < 4.78 is 0. The lowest BCUT2D eigenvalue weighted by Gasteiger charge is -2.16. The van der Waals surface area contributed by atoms with Gasteiger partial charge in [-0.25, -0.2) is 0 Å². The van der Waals surface area contributed by atoms with Crippen molar-refractivity contribution in [2.45, 2.75) is 19.1 Å². The van der Waals surface area contributed by atoms with Gasteiger partial charge < -0.3 is 16.2 Å². The highest BCUT2D eigenvalue weighted by Crippen LogP contribution is 2.09. The van der Waals surface area contributed by atoms with Gasteiger partial charge in [0.05, 0.1) is 6.04 Å². The maximum atomic E-state index is 11.3. The number of hydrogen-bond donors (Lipinski definition) is 3. The van der Waals surface area contributed by atoms with Crippen LogP contribution in [0, 0.1) is 0 Å². The molecular formula is C10H15N3O2. The highest BCUT2D eigenvalue weighted by atomic mass is 16.3. The number of carbonyl (C=O) groups is 1. The van der Waals surface area contributed by atoms with E-state index in [2.05, 4.69) is 10.3 Å². The van der Waals surface area contributed by atoms with Crippen LogP contribution in [-0.4, -0.2) is 28.6 Å². The molecule has 1 aromatic rings. The van der Waals surface area contributed by atoms with Crippen molar-refractivity contribution in [3.8, 4) is 0 Å². The monoisotopic (exact) mass is 209 g/mol. The molecule has 0 saturated carbocycles. The first kappa shape index (κ1) is 11.6. The molecule has 1 rings (SSSR count). The molecule has 0 saturated heterocycles. The number of pyridine rings is 1. The van der Waals surface area contributed by atoms with Crippen LogP contribution in [0.5, 0.6) is 0 Å². The molecule has 0 spiro atoms. The zero-order valence-corrected chi connectivity index (χ0v) is 8.55. The van der Waals surface area contributed by atoms with Crippen molar-refractivity contribution in [3.63, 3.8) is 0 Å². The van der Waals surface area contributed by atoms with E-state index in [0.29, 0.717) is 0 Å². The fourth-order valence-electron chi connectivity index (χ4n) is 1.15. The minimum absolute atomic E-state index is 0.0745. The third-order valence-electron chi connectivity index (χ3n) is 2.09. The summed E-state index contributed by atoms with van der Waals surface area (Å²) in [6.07, 6.45) is 2.16. The Balaban J connectivity index is 2.56. The van der Waals surface area contributed by atoms with Crippen molar-refractivity contribution in [1.29, 1.82) is 0 Å². The summed E-state index contributed by atoms with van der Waals surface area (Å²) in [7, 11) is 0. The Labute approximate surface area is 88.3 Å². The summed E-state index contributed by atoms with van der Waals surface area (Å²) in [6, 6.07) is 3.45. The number of carbonyl (C=O) groups excluding carboxylic acids is 1. The molecule has 0 fully saturated rings. The fraction of sp³-hybridized carbons (Fsp3) is 0.400. The SMILES string of the molecule is C[C@H](NC(=O)C(O)CN)c1ccncc1. The lowest BCUT2D eigenvalue weighted by molar-refractivity contribution is -0.129. The number of aliphatic hydroxyl groups is 1. The smallest absolute Gasteiger partial charge is 0.250 e. The van der Waals surface area contributed by atoms with Gasteiger partial charge in [0.2, 0.25) is 0 Å². The molecule has 1 amide bonds. The second kappa shape index (κ2) is 5.43. The molecule has 0 aliphatic rings. The van der Waals surface area contributed by atoms with Crippen molar-refractivity contribution in [2.24, 2.45) is 5.73 Å². The van der Waals surface area contributed by atoms with Crippen LogP contribution in [-0.2, 0) is 4.79 Å². The third-order valence-corrected chi connectivity index (χ3v) is 2.09. The maximum absolute atomic E-state index is 11.3. The summed E-state index contributed by atoms with van der Waals surface area (Å²) in [5.41, 5.74) is 6.10. The molecule has 1 aromatic heterocycles. The zero-order chi connectivity index (χ0) is 11.3. The molecule has 5 nitrogen and oxygen atoms in total. The lowest BCUT2D eigenvalue weighted by atomic mass is 10.1. The lowest BCUT2D eigenvalue weighted by Crippen LogP contribution is -2.40. The summed E-state index contributed by atoms with van der Waals surface area (Å²) in [4.78, 5) is 15.2. The predicted octanol–water partition coefficient (Wildman–Crippen LogP) is -0.422. The van der Waals surface area contributed by atoms with Crippen LogP contribution >= 0.6 is 0 Å². The van der Waals surface area contributed by atoms with Crippen molar-refractivity contribution >= 4 is 5.91 Å². The van der Waals surface area contributed by atoms with Gasteiger partial charge in [0.15, 0.2) is 0 Å². The molecule has 2 atom stereocenters. The van der Waals surface area contributed by atoms with Gasteiger partial charge in [-0.3, -0.25) is 9.78 Å². The van der Waals surface area contributed by atoms with Gasteiger partial charge >= 0.3 is 0 Å². The van der Waals surface area contributed by atoms with E-state index in [1.54, 1.807) is 24.5 Å². The number of nitrogens with one attached hydrogen (secondary N) is 1. The minimum atomic E-state index is -1.14. The summed E-state index contributed by atoms with van der Waals surface area (Å²) in [6.45, 7) is 1.76. The van der Waals surface area contributed by atoms with E-state index in [9.17, 15) is 9.90 Å². The van der Waals surface area contributed by atoms with E-state index >= 15 is 0 Å². The van der Waals surface area contributed by atoms with Crippen LogP contribution in [0.4, 0.5) is 0 Å². The van der Waals surface area contributed by atoms with E-state index in [-0.39, 0.29) is 12.6 Å². The molecule has 82 valence electrons. The predicted molar refractivity (Wildman–Crippen MR) is 55.9 cm³/mol. The highest BCUT2D eigenvalue weighted by Gasteiger charge is 2.15. The molecule has 1 unspecified atom stereocenters. The van der Waals surface area contributed by atoms with Gasteiger partial charge in [0, 0.05) is 18.9 Å². The average Bonchev–Trinajstić information content (AvgIpc) is 2.29. The van der Waals surface area contributed by atoms with Gasteiger partial charge in [0.1, 0.15) is 6.10 Å². The molecule has 4 N–H and O–H groups in total. The average molecular weight is 209 g/mol. The van der Waals surface area contributed by atoms with Crippen LogP contribution in [0.3, 0.4) is 0 Å².